The lowest BCUT2D eigenvalue weighted by Crippen LogP contribution is -2.44. The molecule has 0 aliphatic carbocycles. The van der Waals surface area contributed by atoms with Crippen LogP contribution in [0.4, 0.5) is 11.5 Å². The highest BCUT2D eigenvalue weighted by atomic mass is 16.4. The number of aromatic nitrogens is 1. The third-order valence-corrected chi connectivity index (χ3v) is 3.04. The lowest BCUT2D eigenvalue weighted by molar-refractivity contribution is 0.0690. The largest absolute Gasteiger partial charge is 0.477 e. The van der Waals surface area contributed by atoms with Gasteiger partial charge in [-0.15, -0.1) is 0 Å². The number of rotatable bonds is 5. The summed E-state index contributed by atoms with van der Waals surface area (Å²) in [7, 11) is 3.96. The van der Waals surface area contributed by atoms with Gasteiger partial charge in [0.2, 0.25) is 0 Å². The van der Waals surface area contributed by atoms with Crippen LogP contribution in [0.2, 0.25) is 0 Å². The summed E-state index contributed by atoms with van der Waals surface area (Å²) in [4.78, 5) is 16.9. The summed E-state index contributed by atoms with van der Waals surface area (Å²) in [5, 5.41) is 12.0. The fourth-order valence-corrected chi connectivity index (χ4v) is 1.19. The molecule has 0 aliphatic heterocycles. The number of carboxylic acids is 1. The van der Waals surface area contributed by atoms with Crippen molar-refractivity contribution in [2.45, 2.75) is 19.4 Å². The molecule has 0 fully saturated rings. The monoisotopic (exact) mass is 252 g/mol. The third kappa shape index (κ3) is 3.33. The van der Waals surface area contributed by atoms with Gasteiger partial charge in [-0.1, -0.05) is 0 Å². The molecule has 0 radical (unpaired) electrons. The number of hydrogen-bond acceptors (Lipinski definition) is 5. The second-order valence-electron chi connectivity index (χ2n) is 5.00. The van der Waals surface area contributed by atoms with Gasteiger partial charge >= 0.3 is 5.97 Å². The van der Waals surface area contributed by atoms with E-state index in [9.17, 15) is 4.79 Å². The van der Waals surface area contributed by atoms with Gasteiger partial charge in [-0.2, -0.15) is 0 Å². The van der Waals surface area contributed by atoms with Gasteiger partial charge < -0.3 is 21.1 Å². The van der Waals surface area contributed by atoms with Gasteiger partial charge in [-0.05, 0) is 40.1 Å². The van der Waals surface area contributed by atoms with Crippen LogP contribution in [-0.2, 0) is 0 Å². The molecular weight excluding hydrogens is 232 g/mol. The molecule has 0 unspecified atom stereocenters. The molecule has 100 valence electrons. The van der Waals surface area contributed by atoms with E-state index in [1.807, 2.05) is 14.1 Å². The molecule has 1 aromatic rings. The Balaban J connectivity index is 2.85. The fraction of sp³-hybridized carbons (Fsp3) is 0.500. The first-order valence-corrected chi connectivity index (χ1v) is 5.65. The first-order chi connectivity index (χ1) is 8.24. The summed E-state index contributed by atoms with van der Waals surface area (Å²) in [5.41, 5.74) is 6.09. The van der Waals surface area contributed by atoms with Crippen molar-refractivity contribution in [1.29, 1.82) is 0 Å². The molecular formula is C12H20N4O2. The topological polar surface area (TPSA) is 91.5 Å². The average molecular weight is 252 g/mol. The number of anilines is 2. The summed E-state index contributed by atoms with van der Waals surface area (Å²) in [5.74, 6) is -0.658. The Morgan fingerprint density at radius 3 is 2.61 bits per heavy atom. The maximum absolute atomic E-state index is 10.8. The number of aromatic carboxylic acids is 1. The Morgan fingerprint density at radius 1 is 1.50 bits per heavy atom. The van der Waals surface area contributed by atoms with Crippen molar-refractivity contribution in [3.63, 3.8) is 0 Å². The molecule has 18 heavy (non-hydrogen) atoms. The van der Waals surface area contributed by atoms with E-state index < -0.39 is 5.97 Å². The first kappa shape index (κ1) is 14.2. The highest BCUT2D eigenvalue weighted by molar-refractivity contribution is 5.86. The number of pyridine rings is 1. The van der Waals surface area contributed by atoms with Crippen molar-refractivity contribution < 1.29 is 9.90 Å². The molecule has 0 aliphatic rings. The van der Waals surface area contributed by atoms with Crippen LogP contribution in [0.5, 0.6) is 0 Å². The van der Waals surface area contributed by atoms with Gasteiger partial charge in [0.1, 0.15) is 5.82 Å². The van der Waals surface area contributed by atoms with Gasteiger partial charge in [0.25, 0.3) is 0 Å². The van der Waals surface area contributed by atoms with Crippen molar-refractivity contribution >= 4 is 17.5 Å². The van der Waals surface area contributed by atoms with E-state index in [1.165, 1.54) is 6.07 Å². The number of nitrogens with one attached hydrogen (secondary N) is 1. The van der Waals surface area contributed by atoms with E-state index in [-0.39, 0.29) is 11.2 Å². The smallest absolute Gasteiger partial charge is 0.354 e. The molecule has 6 heteroatoms. The summed E-state index contributed by atoms with van der Waals surface area (Å²) < 4.78 is 0. The van der Waals surface area contributed by atoms with Crippen LogP contribution in [0.15, 0.2) is 12.1 Å². The number of carbonyl (C=O) groups is 1. The molecule has 0 saturated carbocycles. The second kappa shape index (κ2) is 5.22. The summed E-state index contributed by atoms with van der Waals surface area (Å²) in [6.07, 6.45) is 0. The molecule has 0 amide bonds. The molecule has 1 heterocycles. The molecule has 0 saturated heterocycles. The van der Waals surface area contributed by atoms with E-state index in [0.717, 1.165) is 0 Å². The van der Waals surface area contributed by atoms with Crippen molar-refractivity contribution in [3.8, 4) is 0 Å². The van der Waals surface area contributed by atoms with Crippen LogP contribution in [0.3, 0.4) is 0 Å². The molecule has 1 aromatic heterocycles. The quantitative estimate of drug-likeness (QED) is 0.727. The van der Waals surface area contributed by atoms with Crippen LogP contribution in [0.25, 0.3) is 0 Å². The number of nitrogens with two attached hydrogens (primary N) is 1. The molecule has 0 aromatic carbocycles. The maximum atomic E-state index is 10.8. The molecule has 4 N–H and O–H groups in total. The van der Waals surface area contributed by atoms with Gasteiger partial charge in [0.15, 0.2) is 5.69 Å². The van der Waals surface area contributed by atoms with Crippen LogP contribution in [0.1, 0.15) is 24.3 Å². The van der Waals surface area contributed by atoms with Gasteiger partial charge in [0, 0.05) is 12.1 Å². The fourth-order valence-electron chi connectivity index (χ4n) is 1.19. The van der Waals surface area contributed by atoms with Gasteiger partial charge in [-0.25, -0.2) is 9.78 Å². The Morgan fingerprint density at radius 2 is 2.11 bits per heavy atom. The molecule has 1 rings (SSSR count). The van der Waals surface area contributed by atoms with E-state index in [1.54, 1.807) is 6.07 Å². The zero-order valence-corrected chi connectivity index (χ0v) is 11.2. The van der Waals surface area contributed by atoms with Crippen molar-refractivity contribution in [1.82, 2.24) is 9.88 Å². The molecule has 0 bridgehead atoms. The van der Waals surface area contributed by atoms with E-state index >= 15 is 0 Å². The minimum Gasteiger partial charge on any atom is -0.477 e. The van der Waals surface area contributed by atoms with Gasteiger partial charge in [0.05, 0.1) is 5.69 Å². The Bertz CT molecular complexity index is 444. The Kier molecular flexibility index (Phi) is 4.13. The first-order valence-electron chi connectivity index (χ1n) is 5.65. The predicted octanol–water partition coefficient (Wildman–Crippen LogP) is 1.11. The molecule has 0 atom stereocenters. The SMILES string of the molecule is CN(C)C(C)(C)CNc1nc(C(=O)O)ccc1N. The third-order valence-electron chi connectivity index (χ3n) is 3.04. The van der Waals surface area contributed by atoms with Crippen LogP contribution in [-0.4, -0.2) is 47.1 Å². The van der Waals surface area contributed by atoms with E-state index in [4.69, 9.17) is 10.8 Å². The van der Waals surface area contributed by atoms with Crippen molar-refractivity contribution in [2.75, 3.05) is 31.7 Å². The number of hydrogen-bond donors (Lipinski definition) is 3. The summed E-state index contributed by atoms with van der Waals surface area (Å²) in [6, 6.07) is 2.93. The van der Waals surface area contributed by atoms with E-state index in [2.05, 4.69) is 29.0 Å². The lowest BCUT2D eigenvalue weighted by atomic mass is 10.0. The minimum absolute atomic E-state index is 0.0191. The van der Waals surface area contributed by atoms with Crippen molar-refractivity contribution in [3.05, 3.63) is 17.8 Å². The summed E-state index contributed by atoms with van der Waals surface area (Å²) in [6.45, 7) is 4.74. The van der Waals surface area contributed by atoms with Crippen LogP contribution in [0, 0.1) is 0 Å². The number of nitrogen functional groups attached to an aromatic ring is 1. The standard InChI is InChI=1S/C12H20N4O2/c1-12(2,16(3)4)7-14-10-8(13)5-6-9(15-10)11(17)18/h5-6H,7,13H2,1-4H3,(H,14,15)(H,17,18). The number of carboxylic acid groups (broad SMARTS) is 1. The lowest BCUT2D eigenvalue weighted by Gasteiger charge is -2.33. The minimum atomic E-state index is -1.06. The number of nitrogens with zero attached hydrogens (tertiary/aromatic N) is 2. The van der Waals surface area contributed by atoms with Gasteiger partial charge in [-0.3, -0.25) is 0 Å². The molecule has 0 spiro atoms. The highest BCUT2D eigenvalue weighted by Crippen LogP contribution is 2.18. The number of likely N-dealkylation sites (N-methyl/N-ethyl adjacent to an activating group) is 1. The highest BCUT2D eigenvalue weighted by Gasteiger charge is 2.20. The normalized spacial score (nSPS) is 11.6. The Hall–Kier alpha value is -1.82. The maximum Gasteiger partial charge on any atom is 0.354 e. The zero-order chi connectivity index (χ0) is 13.9. The summed E-state index contributed by atoms with van der Waals surface area (Å²) >= 11 is 0. The van der Waals surface area contributed by atoms with Crippen LogP contribution >= 0.6 is 0 Å². The average Bonchev–Trinajstić information content (AvgIpc) is 2.27. The zero-order valence-electron chi connectivity index (χ0n) is 11.2. The Labute approximate surface area is 107 Å². The van der Waals surface area contributed by atoms with E-state index in [0.29, 0.717) is 18.1 Å². The predicted molar refractivity (Wildman–Crippen MR) is 71.9 cm³/mol. The van der Waals surface area contributed by atoms with Crippen LogP contribution < -0.4 is 11.1 Å². The van der Waals surface area contributed by atoms with Crippen molar-refractivity contribution in [2.24, 2.45) is 0 Å². The second-order valence-corrected chi connectivity index (χ2v) is 5.00. The molecule has 6 nitrogen and oxygen atoms in total.